The van der Waals surface area contributed by atoms with Gasteiger partial charge in [-0.3, -0.25) is 4.68 Å². The first-order chi connectivity index (χ1) is 15.2. The van der Waals surface area contributed by atoms with Crippen LogP contribution in [-0.4, -0.2) is 20.5 Å². The zero-order valence-corrected chi connectivity index (χ0v) is 20.6. The lowest BCUT2D eigenvalue weighted by molar-refractivity contribution is -0.151. The van der Waals surface area contributed by atoms with Crippen molar-refractivity contribution in [1.29, 1.82) is 5.26 Å². The molecular weight excluding hydrogens is 394 g/mol. The van der Waals surface area contributed by atoms with Crippen LogP contribution in [0.25, 0.3) is 0 Å². The summed E-state index contributed by atoms with van der Waals surface area (Å²) in [5.74, 6) is 6.39. The van der Waals surface area contributed by atoms with Crippen LogP contribution in [0.2, 0.25) is 0 Å². The zero-order valence-electron chi connectivity index (χ0n) is 20.6. The summed E-state index contributed by atoms with van der Waals surface area (Å²) >= 11 is 0. The fourth-order valence-corrected chi connectivity index (χ4v) is 9.69. The molecule has 1 N–H and O–H groups in total. The molecule has 0 saturated heterocycles. The summed E-state index contributed by atoms with van der Waals surface area (Å²) in [6.07, 6.45) is 15.1. The number of fused-ring (bicyclic) bond motifs is 5. The lowest BCUT2D eigenvalue weighted by Crippen LogP contribution is -2.56. The molecule has 1 aromatic rings. The highest BCUT2D eigenvalue weighted by molar-refractivity contribution is 5.21. The maximum atomic E-state index is 10.7. The Morgan fingerprint density at radius 1 is 1.12 bits per heavy atom. The molecule has 0 spiro atoms. The average Bonchev–Trinajstić information content (AvgIpc) is 3.19. The largest absolute Gasteiger partial charge is 0.390 e. The summed E-state index contributed by atoms with van der Waals surface area (Å²) < 4.78 is 2.00. The summed E-state index contributed by atoms with van der Waals surface area (Å²) in [5, 5.41) is 24.3. The third-order valence-electron chi connectivity index (χ3n) is 10.9. The minimum atomic E-state index is -0.423. The number of hydrogen-bond acceptors (Lipinski definition) is 3. The van der Waals surface area contributed by atoms with Crippen molar-refractivity contribution in [2.45, 2.75) is 97.6 Å². The number of aliphatic hydroxyl groups is 1. The van der Waals surface area contributed by atoms with Crippen LogP contribution in [0.4, 0.5) is 0 Å². The molecule has 0 bridgehead atoms. The van der Waals surface area contributed by atoms with Gasteiger partial charge in [0.2, 0.25) is 0 Å². The summed E-state index contributed by atoms with van der Waals surface area (Å²) in [4.78, 5) is 0. The van der Waals surface area contributed by atoms with Crippen molar-refractivity contribution in [2.75, 3.05) is 0 Å². The third-order valence-corrected chi connectivity index (χ3v) is 10.9. The molecule has 0 radical (unpaired) electrons. The topological polar surface area (TPSA) is 61.8 Å². The van der Waals surface area contributed by atoms with Crippen molar-refractivity contribution < 1.29 is 5.11 Å². The van der Waals surface area contributed by atoms with E-state index in [1.165, 1.54) is 44.9 Å². The van der Waals surface area contributed by atoms with Gasteiger partial charge in [-0.05, 0) is 111 Å². The van der Waals surface area contributed by atoms with Gasteiger partial charge in [-0.25, -0.2) is 0 Å². The van der Waals surface area contributed by atoms with Crippen LogP contribution in [0.3, 0.4) is 0 Å². The van der Waals surface area contributed by atoms with Crippen LogP contribution in [0.1, 0.15) is 91.0 Å². The van der Waals surface area contributed by atoms with E-state index >= 15 is 0 Å². The van der Waals surface area contributed by atoms with E-state index in [9.17, 15) is 5.11 Å². The SMILES string of the molecule is C[C@@H]1CC[C@H]([C@H](C)Cn2cc(C#N)cn2)[C@@]2(C)CC[C@H]3[C@@H](CC[C@@H]4C[C@](C)(O)CC[C@@H]43)[C@H]12. The standard InChI is InChI=1S/C28H43N3O/c1-18-5-8-25(19(2)16-31-17-20(14-29)15-30-31)28(4)12-10-23-22-9-11-27(3,32)13-21(22)6-7-24(23)26(18)28/h15,17-19,21-26,32H,5-13,16H2,1-4H3/t18-,19-,21-,22+,23-,24-,25-,26+,27-,28-/m1/s1. The first kappa shape index (κ1) is 22.5. The Labute approximate surface area is 194 Å². The first-order valence-electron chi connectivity index (χ1n) is 13.4. The van der Waals surface area contributed by atoms with E-state index in [4.69, 9.17) is 5.26 Å². The van der Waals surface area contributed by atoms with Crippen molar-refractivity contribution in [2.24, 2.45) is 52.8 Å². The van der Waals surface area contributed by atoms with Crippen molar-refractivity contribution in [3.63, 3.8) is 0 Å². The third kappa shape index (κ3) is 3.73. The molecule has 10 atom stereocenters. The van der Waals surface area contributed by atoms with E-state index in [1.807, 2.05) is 10.9 Å². The molecule has 32 heavy (non-hydrogen) atoms. The molecule has 4 saturated carbocycles. The fourth-order valence-electron chi connectivity index (χ4n) is 9.69. The Morgan fingerprint density at radius 3 is 2.66 bits per heavy atom. The molecule has 0 amide bonds. The summed E-state index contributed by atoms with van der Waals surface area (Å²) in [6, 6.07) is 2.22. The average molecular weight is 438 g/mol. The molecule has 4 nitrogen and oxygen atoms in total. The monoisotopic (exact) mass is 437 g/mol. The second kappa shape index (κ2) is 8.15. The van der Waals surface area contributed by atoms with Crippen LogP contribution in [0, 0.1) is 64.1 Å². The predicted octanol–water partition coefficient (Wildman–Crippen LogP) is 6.05. The molecule has 4 aliphatic carbocycles. The Balaban J connectivity index is 1.36. The molecule has 1 heterocycles. The van der Waals surface area contributed by atoms with Crippen molar-refractivity contribution in [3.05, 3.63) is 18.0 Å². The smallest absolute Gasteiger partial charge is 0.102 e. The Kier molecular flexibility index (Phi) is 5.72. The molecule has 176 valence electrons. The molecule has 0 aliphatic heterocycles. The quantitative estimate of drug-likeness (QED) is 0.626. The van der Waals surface area contributed by atoms with Gasteiger partial charge in [-0.2, -0.15) is 10.4 Å². The molecule has 4 fully saturated rings. The highest BCUT2D eigenvalue weighted by atomic mass is 16.3. The van der Waals surface area contributed by atoms with E-state index < -0.39 is 5.60 Å². The van der Waals surface area contributed by atoms with Gasteiger partial charge in [0.25, 0.3) is 0 Å². The van der Waals surface area contributed by atoms with Crippen molar-refractivity contribution in [3.8, 4) is 6.07 Å². The van der Waals surface area contributed by atoms with E-state index in [0.717, 1.165) is 60.8 Å². The summed E-state index contributed by atoms with van der Waals surface area (Å²) in [5.41, 5.74) is 0.673. The van der Waals surface area contributed by atoms with E-state index in [2.05, 4.69) is 38.9 Å². The highest BCUT2D eigenvalue weighted by Crippen LogP contribution is 2.65. The first-order valence-corrected chi connectivity index (χ1v) is 13.4. The van der Waals surface area contributed by atoms with Crippen LogP contribution >= 0.6 is 0 Å². The molecule has 0 unspecified atom stereocenters. The van der Waals surface area contributed by atoms with Crippen LogP contribution < -0.4 is 0 Å². The number of rotatable bonds is 3. The maximum Gasteiger partial charge on any atom is 0.102 e. The van der Waals surface area contributed by atoms with Gasteiger partial charge in [0, 0.05) is 12.7 Å². The lowest BCUT2D eigenvalue weighted by atomic mass is 9.42. The van der Waals surface area contributed by atoms with Gasteiger partial charge in [-0.1, -0.05) is 27.2 Å². The molecule has 4 heteroatoms. The van der Waals surface area contributed by atoms with Crippen molar-refractivity contribution >= 4 is 0 Å². The number of nitrogens with zero attached hydrogens (tertiary/aromatic N) is 3. The lowest BCUT2D eigenvalue weighted by Gasteiger charge is -2.63. The Hall–Kier alpha value is -1.34. The van der Waals surface area contributed by atoms with Gasteiger partial charge >= 0.3 is 0 Å². The summed E-state index contributed by atoms with van der Waals surface area (Å²) in [6.45, 7) is 10.6. The second-order valence-corrected chi connectivity index (χ2v) is 12.8. The van der Waals surface area contributed by atoms with Crippen LogP contribution in [-0.2, 0) is 6.54 Å². The van der Waals surface area contributed by atoms with E-state index in [-0.39, 0.29) is 0 Å². The fraction of sp³-hybridized carbons (Fsp3) is 0.857. The van der Waals surface area contributed by atoms with Gasteiger partial charge in [0.15, 0.2) is 0 Å². The van der Waals surface area contributed by atoms with Crippen LogP contribution in [0.15, 0.2) is 12.4 Å². The number of hydrogen-bond donors (Lipinski definition) is 1. The van der Waals surface area contributed by atoms with E-state index in [0.29, 0.717) is 16.9 Å². The molecule has 4 aliphatic rings. The molecule has 0 aromatic carbocycles. The maximum absolute atomic E-state index is 10.7. The number of aromatic nitrogens is 2. The van der Waals surface area contributed by atoms with Crippen molar-refractivity contribution in [1.82, 2.24) is 9.78 Å². The van der Waals surface area contributed by atoms with Gasteiger partial charge in [0.1, 0.15) is 6.07 Å². The molecule has 1 aromatic heterocycles. The second-order valence-electron chi connectivity index (χ2n) is 12.8. The molecular formula is C28H43N3O. The molecule has 5 rings (SSSR count). The predicted molar refractivity (Wildman–Crippen MR) is 126 cm³/mol. The Bertz CT molecular complexity index is 868. The normalized spacial score (nSPS) is 46.9. The number of nitriles is 1. The van der Waals surface area contributed by atoms with Gasteiger partial charge in [0.05, 0.1) is 17.4 Å². The van der Waals surface area contributed by atoms with Gasteiger partial charge in [-0.15, -0.1) is 0 Å². The minimum Gasteiger partial charge on any atom is -0.390 e. The zero-order chi connectivity index (χ0) is 22.7. The summed E-state index contributed by atoms with van der Waals surface area (Å²) in [7, 11) is 0. The Morgan fingerprint density at radius 2 is 1.91 bits per heavy atom. The van der Waals surface area contributed by atoms with E-state index in [1.54, 1.807) is 6.20 Å². The minimum absolute atomic E-state index is 0.423. The van der Waals surface area contributed by atoms with Crippen LogP contribution in [0.5, 0.6) is 0 Å². The van der Waals surface area contributed by atoms with Gasteiger partial charge < -0.3 is 5.11 Å². The highest BCUT2D eigenvalue weighted by Gasteiger charge is 2.58.